The van der Waals surface area contributed by atoms with Crippen LogP contribution in [0.5, 0.6) is 0 Å². The standard InChI is InChI=1S/C16H34N2/c1-4-11-17-12-7-5-6-8-13-18(15(2)3)14-16-9-10-16/h15-17H,4-14H2,1-3H3. The van der Waals surface area contributed by atoms with Crippen LogP contribution < -0.4 is 5.32 Å². The fourth-order valence-electron chi connectivity index (χ4n) is 2.41. The average Bonchev–Trinajstić information content (AvgIpc) is 3.14. The van der Waals surface area contributed by atoms with Crippen molar-refractivity contribution in [1.82, 2.24) is 10.2 Å². The molecule has 0 bridgehead atoms. The van der Waals surface area contributed by atoms with Crippen LogP contribution in [-0.4, -0.2) is 37.1 Å². The number of hydrogen-bond donors (Lipinski definition) is 1. The van der Waals surface area contributed by atoms with E-state index in [-0.39, 0.29) is 0 Å². The van der Waals surface area contributed by atoms with Gasteiger partial charge in [0.15, 0.2) is 0 Å². The van der Waals surface area contributed by atoms with E-state index in [0.717, 1.165) is 12.0 Å². The van der Waals surface area contributed by atoms with E-state index in [4.69, 9.17) is 0 Å². The molecule has 0 radical (unpaired) electrons. The second-order valence-electron chi connectivity index (χ2n) is 6.20. The van der Waals surface area contributed by atoms with Crippen molar-refractivity contribution in [2.45, 2.75) is 71.8 Å². The lowest BCUT2D eigenvalue weighted by atomic mass is 10.1. The van der Waals surface area contributed by atoms with Crippen LogP contribution >= 0.6 is 0 Å². The van der Waals surface area contributed by atoms with E-state index in [9.17, 15) is 0 Å². The van der Waals surface area contributed by atoms with E-state index in [1.807, 2.05) is 0 Å². The monoisotopic (exact) mass is 254 g/mol. The summed E-state index contributed by atoms with van der Waals surface area (Å²) in [5.74, 6) is 1.03. The van der Waals surface area contributed by atoms with Gasteiger partial charge in [-0.25, -0.2) is 0 Å². The highest BCUT2D eigenvalue weighted by Gasteiger charge is 2.24. The minimum atomic E-state index is 0.733. The zero-order valence-electron chi connectivity index (χ0n) is 12.9. The summed E-state index contributed by atoms with van der Waals surface area (Å²) in [6.45, 7) is 12.0. The summed E-state index contributed by atoms with van der Waals surface area (Å²) in [5.41, 5.74) is 0. The van der Waals surface area contributed by atoms with Crippen molar-refractivity contribution in [3.63, 3.8) is 0 Å². The summed E-state index contributed by atoms with van der Waals surface area (Å²) >= 11 is 0. The topological polar surface area (TPSA) is 15.3 Å². The minimum Gasteiger partial charge on any atom is -0.317 e. The molecule has 0 atom stereocenters. The first-order valence-corrected chi connectivity index (χ1v) is 8.18. The molecule has 1 aliphatic carbocycles. The third-order valence-corrected chi connectivity index (χ3v) is 3.90. The van der Waals surface area contributed by atoms with Crippen molar-refractivity contribution in [3.8, 4) is 0 Å². The van der Waals surface area contributed by atoms with Crippen LogP contribution in [-0.2, 0) is 0 Å². The fourth-order valence-corrected chi connectivity index (χ4v) is 2.41. The Labute approximate surface area is 115 Å². The largest absolute Gasteiger partial charge is 0.317 e. The molecule has 1 rings (SSSR count). The molecule has 1 fully saturated rings. The lowest BCUT2D eigenvalue weighted by Gasteiger charge is -2.26. The first kappa shape index (κ1) is 16.0. The third kappa shape index (κ3) is 8.10. The highest BCUT2D eigenvalue weighted by molar-refractivity contribution is 4.78. The van der Waals surface area contributed by atoms with Gasteiger partial charge >= 0.3 is 0 Å². The van der Waals surface area contributed by atoms with Crippen molar-refractivity contribution >= 4 is 0 Å². The van der Waals surface area contributed by atoms with E-state index >= 15 is 0 Å². The Bertz CT molecular complexity index is 188. The van der Waals surface area contributed by atoms with E-state index in [1.165, 1.54) is 71.1 Å². The molecular weight excluding hydrogens is 220 g/mol. The summed E-state index contributed by atoms with van der Waals surface area (Å²) in [5, 5.41) is 3.48. The molecule has 1 saturated carbocycles. The Morgan fingerprint density at radius 1 is 1.06 bits per heavy atom. The lowest BCUT2D eigenvalue weighted by Crippen LogP contribution is -2.33. The van der Waals surface area contributed by atoms with Gasteiger partial charge in [-0.15, -0.1) is 0 Å². The van der Waals surface area contributed by atoms with Gasteiger partial charge in [-0.05, 0) is 71.5 Å². The second-order valence-corrected chi connectivity index (χ2v) is 6.20. The minimum absolute atomic E-state index is 0.733. The Balaban J connectivity index is 1.90. The average molecular weight is 254 g/mol. The number of hydrogen-bond acceptors (Lipinski definition) is 2. The molecule has 0 spiro atoms. The van der Waals surface area contributed by atoms with Crippen LogP contribution in [0.3, 0.4) is 0 Å². The van der Waals surface area contributed by atoms with Gasteiger partial charge in [-0.1, -0.05) is 19.8 Å². The molecule has 1 N–H and O–H groups in total. The predicted molar refractivity (Wildman–Crippen MR) is 81.1 cm³/mol. The number of unbranched alkanes of at least 4 members (excludes halogenated alkanes) is 3. The summed E-state index contributed by atoms with van der Waals surface area (Å²) in [4.78, 5) is 2.69. The molecule has 108 valence electrons. The van der Waals surface area contributed by atoms with E-state index in [1.54, 1.807) is 0 Å². The maximum Gasteiger partial charge on any atom is 0.00387 e. The molecule has 0 amide bonds. The Morgan fingerprint density at radius 3 is 2.39 bits per heavy atom. The Hall–Kier alpha value is -0.0800. The maximum absolute atomic E-state index is 3.48. The smallest absolute Gasteiger partial charge is 0.00387 e. The van der Waals surface area contributed by atoms with Crippen molar-refractivity contribution < 1.29 is 0 Å². The van der Waals surface area contributed by atoms with Crippen molar-refractivity contribution in [2.24, 2.45) is 5.92 Å². The van der Waals surface area contributed by atoms with Gasteiger partial charge in [0, 0.05) is 12.6 Å². The van der Waals surface area contributed by atoms with Gasteiger partial charge in [0.25, 0.3) is 0 Å². The normalized spacial score (nSPS) is 15.8. The summed E-state index contributed by atoms with van der Waals surface area (Å²) < 4.78 is 0. The van der Waals surface area contributed by atoms with Crippen molar-refractivity contribution in [3.05, 3.63) is 0 Å². The predicted octanol–water partition coefficient (Wildman–Crippen LogP) is 3.67. The number of nitrogens with zero attached hydrogens (tertiary/aromatic N) is 1. The molecule has 18 heavy (non-hydrogen) atoms. The summed E-state index contributed by atoms with van der Waals surface area (Å²) in [6, 6.07) is 0.733. The SMILES string of the molecule is CCCNCCCCCCN(CC1CC1)C(C)C. The second kappa shape index (κ2) is 9.80. The van der Waals surface area contributed by atoms with Crippen LogP contribution in [0.1, 0.15) is 65.7 Å². The van der Waals surface area contributed by atoms with Crippen LogP contribution in [0.25, 0.3) is 0 Å². The van der Waals surface area contributed by atoms with Gasteiger partial charge in [0.1, 0.15) is 0 Å². The van der Waals surface area contributed by atoms with Crippen molar-refractivity contribution in [1.29, 1.82) is 0 Å². The Morgan fingerprint density at radius 2 is 1.78 bits per heavy atom. The highest BCUT2D eigenvalue weighted by atomic mass is 15.1. The molecule has 0 aromatic carbocycles. The molecule has 2 nitrogen and oxygen atoms in total. The van der Waals surface area contributed by atoms with Gasteiger partial charge < -0.3 is 10.2 Å². The van der Waals surface area contributed by atoms with E-state index in [0.29, 0.717) is 0 Å². The van der Waals surface area contributed by atoms with Gasteiger partial charge in [0.05, 0.1) is 0 Å². The quantitative estimate of drug-likeness (QED) is 0.535. The van der Waals surface area contributed by atoms with Crippen LogP contribution in [0, 0.1) is 5.92 Å². The molecular formula is C16H34N2. The molecule has 0 aliphatic heterocycles. The molecule has 0 saturated heterocycles. The molecule has 0 aromatic rings. The number of nitrogens with one attached hydrogen (secondary N) is 1. The lowest BCUT2D eigenvalue weighted by molar-refractivity contribution is 0.208. The zero-order chi connectivity index (χ0) is 13.2. The van der Waals surface area contributed by atoms with Crippen LogP contribution in [0.4, 0.5) is 0 Å². The van der Waals surface area contributed by atoms with Gasteiger partial charge in [0.2, 0.25) is 0 Å². The van der Waals surface area contributed by atoms with Crippen LogP contribution in [0.15, 0.2) is 0 Å². The van der Waals surface area contributed by atoms with Crippen LogP contribution in [0.2, 0.25) is 0 Å². The summed E-state index contributed by atoms with van der Waals surface area (Å²) in [7, 11) is 0. The van der Waals surface area contributed by atoms with Gasteiger partial charge in [-0.2, -0.15) is 0 Å². The highest BCUT2D eigenvalue weighted by Crippen LogP contribution is 2.30. The maximum atomic E-state index is 3.48. The summed E-state index contributed by atoms with van der Waals surface area (Å²) in [6.07, 6.45) is 9.75. The molecule has 0 aromatic heterocycles. The first-order valence-electron chi connectivity index (χ1n) is 8.18. The van der Waals surface area contributed by atoms with Crippen molar-refractivity contribution in [2.75, 3.05) is 26.2 Å². The zero-order valence-corrected chi connectivity index (χ0v) is 12.9. The van der Waals surface area contributed by atoms with E-state index in [2.05, 4.69) is 31.0 Å². The Kier molecular flexibility index (Phi) is 8.70. The fraction of sp³-hybridized carbons (Fsp3) is 1.00. The molecule has 0 heterocycles. The molecule has 0 unspecified atom stereocenters. The first-order chi connectivity index (χ1) is 8.74. The number of rotatable bonds is 12. The van der Waals surface area contributed by atoms with Gasteiger partial charge in [-0.3, -0.25) is 0 Å². The van der Waals surface area contributed by atoms with E-state index < -0.39 is 0 Å². The molecule has 1 aliphatic rings. The molecule has 2 heteroatoms. The third-order valence-electron chi connectivity index (χ3n) is 3.90.